The third-order valence-electron chi connectivity index (χ3n) is 5.18. The van der Waals surface area contributed by atoms with Gasteiger partial charge in [-0.25, -0.2) is 13.2 Å². The Morgan fingerprint density at radius 1 is 1.14 bits per heavy atom. The fourth-order valence-electron chi connectivity index (χ4n) is 3.57. The van der Waals surface area contributed by atoms with E-state index in [1.54, 1.807) is 6.92 Å². The van der Waals surface area contributed by atoms with E-state index in [0.717, 1.165) is 12.8 Å². The van der Waals surface area contributed by atoms with Crippen LogP contribution in [0.4, 0.5) is 0 Å². The van der Waals surface area contributed by atoms with Crippen molar-refractivity contribution in [2.45, 2.75) is 63.4 Å². The average Bonchev–Trinajstić information content (AvgIpc) is 2.66. The molecule has 1 aromatic rings. The summed E-state index contributed by atoms with van der Waals surface area (Å²) >= 11 is 0. The number of nitrogens with one attached hydrogen (secondary N) is 3. The minimum Gasteiger partial charge on any atom is -0.462 e. The fraction of sp³-hybridized carbons (Fsp3) is 0.579. The first-order chi connectivity index (χ1) is 13.2. The first kappa shape index (κ1) is 22.3. The van der Waals surface area contributed by atoms with Gasteiger partial charge < -0.3 is 9.64 Å². The molecule has 0 aromatic heterocycles. The topological polar surface area (TPSA) is 106 Å². The number of ether oxygens (including phenoxy) is 1. The zero-order valence-corrected chi connectivity index (χ0v) is 17.5. The number of esters is 1. The van der Waals surface area contributed by atoms with Gasteiger partial charge in [0.05, 0.1) is 42.1 Å². The molecule has 156 valence electrons. The molecule has 3 N–H and O–H groups in total. The van der Waals surface area contributed by atoms with Crippen molar-refractivity contribution in [2.24, 2.45) is 0 Å². The number of rotatable bonds is 8. The van der Waals surface area contributed by atoms with Gasteiger partial charge in [-0.05, 0) is 64.3 Å². The number of carbonyl (C=O) groups is 2. The van der Waals surface area contributed by atoms with Crippen LogP contribution in [0.25, 0.3) is 0 Å². The smallest absolute Gasteiger partial charge is 0.338 e. The average molecular weight is 413 g/mol. The van der Waals surface area contributed by atoms with Crippen LogP contribution in [0.3, 0.4) is 0 Å². The first-order valence-electron chi connectivity index (χ1n) is 9.68. The molecule has 1 aliphatic rings. The van der Waals surface area contributed by atoms with E-state index in [9.17, 15) is 18.0 Å². The van der Waals surface area contributed by atoms with E-state index >= 15 is 0 Å². The molecule has 8 nitrogen and oxygen atoms in total. The summed E-state index contributed by atoms with van der Waals surface area (Å²) in [6.45, 7) is 6.97. The van der Waals surface area contributed by atoms with Crippen LogP contribution in [0.5, 0.6) is 0 Å². The van der Waals surface area contributed by atoms with Crippen LogP contribution in [-0.2, 0) is 19.6 Å². The summed E-state index contributed by atoms with van der Waals surface area (Å²) in [6, 6.07) is 6.34. The van der Waals surface area contributed by atoms with Crippen molar-refractivity contribution in [1.82, 2.24) is 10.3 Å². The Kier molecular flexibility index (Phi) is 7.97. The largest absolute Gasteiger partial charge is 0.462 e. The second-order valence-electron chi connectivity index (χ2n) is 7.21. The highest BCUT2D eigenvalue weighted by atomic mass is 32.2. The van der Waals surface area contributed by atoms with E-state index in [0.29, 0.717) is 18.6 Å². The molecule has 1 aromatic carbocycles. The Hall–Kier alpha value is -1.97. The molecular formula is C19H30N3O5S+. The summed E-state index contributed by atoms with van der Waals surface area (Å²) in [4.78, 5) is 27.1. The monoisotopic (exact) mass is 412 g/mol. The summed E-state index contributed by atoms with van der Waals surface area (Å²) in [5, 5.41) is 0. The molecule has 0 saturated carbocycles. The Bertz CT molecular complexity index is 769. The highest BCUT2D eigenvalue weighted by molar-refractivity contribution is 7.89. The third kappa shape index (κ3) is 6.02. The molecular weight excluding hydrogens is 382 g/mol. The minimum atomic E-state index is -3.92. The molecule has 1 saturated heterocycles. The molecule has 1 aliphatic heterocycles. The molecule has 28 heavy (non-hydrogen) atoms. The summed E-state index contributed by atoms with van der Waals surface area (Å²) in [7, 11) is -3.92. The van der Waals surface area contributed by atoms with Crippen LogP contribution < -0.4 is 15.2 Å². The predicted octanol–water partition coefficient (Wildman–Crippen LogP) is 0.409. The van der Waals surface area contributed by atoms with Gasteiger partial charge in [-0.15, -0.1) is 4.83 Å². The van der Waals surface area contributed by atoms with Gasteiger partial charge in [-0.3, -0.25) is 10.2 Å². The van der Waals surface area contributed by atoms with Crippen LogP contribution in [-0.4, -0.2) is 45.5 Å². The standard InChI is InChI=1S/C19H29N3O5S/c1-4-27-19(24)16-8-10-17(11-9-16)28(25,26)21-20-18(23)12-13-22-14(2)6-5-7-15(22)3/h8-11,14-15,21H,4-7,12-13H2,1-3H3,(H,20,23)/p+1. The number of likely N-dealkylation sites (tertiary alicyclic amines) is 1. The molecule has 2 unspecified atom stereocenters. The van der Waals surface area contributed by atoms with Gasteiger partial charge in [0.15, 0.2) is 0 Å². The number of piperidine rings is 1. The van der Waals surface area contributed by atoms with Crippen LogP contribution in [0.1, 0.15) is 56.8 Å². The second-order valence-corrected chi connectivity index (χ2v) is 8.89. The number of sulfonamides is 1. The Morgan fingerprint density at radius 3 is 2.32 bits per heavy atom. The lowest BCUT2D eigenvalue weighted by Gasteiger charge is -2.35. The minimum absolute atomic E-state index is 0.0512. The molecule has 9 heteroatoms. The van der Waals surface area contributed by atoms with Gasteiger partial charge in [0, 0.05) is 0 Å². The molecule has 1 amide bonds. The van der Waals surface area contributed by atoms with Crippen molar-refractivity contribution in [3.05, 3.63) is 29.8 Å². The van der Waals surface area contributed by atoms with Crippen molar-refractivity contribution < 1.29 is 27.6 Å². The van der Waals surface area contributed by atoms with Crippen LogP contribution >= 0.6 is 0 Å². The van der Waals surface area contributed by atoms with Crippen molar-refractivity contribution in [3.8, 4) is 0 Å². The van der Waals surface area contributed by atoms with E-state index in [1.807, 2.05) is 0 Å². The van der Waals surface area contributed by atoms with Crippen molar-refractivity contribution in [3.63, 3.8) is 0 Å². The molecule has 1 heterocycles. The lowest BCUT2D eigenvalue weighted by molar-refractivity contribution is -0.950. The lowest BCUT2D eigenvalue weighted by atomic mass is 9.97. The highest BCUT2D eigenvalue weighted by Crippen LogP contribution is 2.11. The molecule has 0 aliphatic carbocycles. The van der Waals surface area contributed by atoms with Crippen LogP contribution in [0, 0.1) is 0 Å². The molecule has 1 fully saturated rings. The van der Waals surface area contributed by atoms with Crippen LogP contribution in [0.2, 0.25) is 0 Å². The van der Waals surface area contributed by atoms with E-state index < -0.39 is 16.0 Å². The lowest BCUT2D eigenvalue weighted by Crippen LogP contribution is -3.19. The Morgan fingerprint density at radius 2 is 1.75 bits per heavy atom. The van der Waals surface area contributed by atoms with Gasteiger partial charge in [0.1, 0.15) is 0 Å². The summed E-state index contributed by atoms with van der Waals surface area (Å²) in [5.41, 5.74) is 2.53. The van der Waals surface area contributed by atoms with E-state index in [2.05, 4.69) is 24.1 Å². The van der Waals surface area contributed by atoms with Gasteiger partial charge in [0.2, 0.25) is 5.91 Å². The van der Waals surface area contributed by atoms with Gasteiger partial charge in [-0.2, -0.15) is 0 Å². The molecule has 2 atom stereocenters. The maximum Gasteiger partial charge on any atom is 0.338 e. The zero-order valence-electron chi connectivity index (χ0n) is 16.7. The number of benzene rings is 1. The normalized spacial score (nSPS) is 22.5. The maximum absolute atomic E-state index is 12.3. The number of hydrazine groups is 1. The Balaban J connectivity index is 1.86. The first-order valence-corrected chi connectivity index (χ1v) is 11.2. The summed E-state index contributed by atoms with van der Waals surface area (Å²) < 4.78 is 29.5. The number of hydrogen-bond acceptors (Lipinski definition) is 5. The van der Waals surface area contributed by atoms with Gasteiger partial charge in [0.25, 0.3) is 10.0 Å². The van der Waals surface area contributed by atoms with Crippen LogP contribution in [0.15, 0.2) is 29.2 Å². The SMILES string of the molecule is CCOC(=O)c1ccc(S(=O)(=O)NNC(=O)CC[NH+]2C(C)CCCC2C)cc1. The molecule has 0 spiro atoms. The second kappa shape index (κ2) is 9.99. The van der Waals surface area contributed by atoms with E-state index in [4.69, 9.17) is 4.74 Å². The van der Waals surface area contributed by atoms with Crippen molar-refractivity contribution >= 4 is 21.9 Å². The number of amides is 1. The quantitative estimate of drug-likeness (QED) is 0.424. The maximum atomic E-state index is 12.3. The van der Waals surface area contributed by atoms with Crippen molar-refractivity contribution in [1.29, 1.82) is 0 Å². The summed E-state index contributed by atoms with van der Waals surface area (Å²) in [5.74, 6) is -0.888. The molecule has 0 bridgehead atoms. The molecule has 0 radical (unpaired) electrons. The number of quaternary nitrogens is 1. The predicted molar refractivity (Wildman–Crippen MR) is 104 cm³/mol. The highest BCUT2D eigenvalue weighted by Gasteiger charge is 2.28. The zero-order chi connectivity index (χ0) is 20.7. The number of hydrogen-bond donors (Lipinski definition) is 3. The fourth-order valence-corrected chi connectivity index (χ4v) is 4.43. The Labute approximate surface area is 166 Å². The van der Waals surface area contributed by atoms with Gasteiger partial charge >= 0.3 is 5.97 Å². The van der Waals surface area contributed by atoms with Crippen molar-refractivity contribution in [2.75, 3.05) is 13.2 Å². The van der Waals surface area contributed by atoms with Gasteiger partial charge in [-0.1, -0.05) is 0 Å². The molecule has 2 rings (SSSR count). The number of carbonyl (C=O) groups excluding carboxylic acids is 2. The summed E-state index contributed by atoms with van der Waals surface area (Å²) in [6.07, 6.45) is 3.76. The van der Waals surface area contributed by atoms with E-state index in [-0.39, 0.29) is 29.4 Å². The van der Waals surface area contributed by atoms with E-state index in [1.165, 1.54) is 35.6 Å². The third-order valence-corrected chi connectivity index (χ3v) is 6.45.